The molecule has 1 saturated carbocycles. The third-order valence-electron chi connectivity index (χ3n) is 4.24. The summed E-state index contributed by atoms with van der Waals surface area (Å²) in [7, 11) is -3.42. The quantitative estimate of drug-likeness (QED) is 0.847. The summed E-state index contributed by atoms with van der Waals surface area (Å²) in [5.74, 6) is 1.16. The Balaban J connectivity index is 1.94. The SMILES string of the molecule is CC1CCCC(CNS(=O)(=O)c2ccc(CCO)cc2)C1. The summed E-state index contributed by atoms with van der Waals surface area (Å²) in [4.78, 5) is 0.299. The maximum absolute atomic E-state index is 12.3. The lowest BCUT2D eigenvalue weighted by atomic mass is 9.83. The van der Waals surface area contributed by atoms with Crippen LogP contribution in [-0.4, -0.2) is 26.7 Å². The van der Waals surface area contributed by atoms with Gasteiger partial charge in [-0.25, -0.2) is 13.1 Å². The van der Waals surface area contributed by atoms with Gasteiger partial charge in [-0.05, 0) is 48.8 Å². The third-order valence-corrected chi connectivity index (χ3v) is 5.68. The van der Waals surface area contributed by atoms with Gasteiger partial charge in [0.25, 0.3) is 0 Å². The molecule has 2 atom stereocenters. The number of rotatable bonds is 6. The van der Waals surface area contributed by atoms with Crippen LogP contribution in [0, 0.1) is 11.8 Å². The van der Waals surface area contributed by atoms with Crippen molar-refractivity contribution in [2.75, 3.05) is 13.2 Å². The number of nitrogens with one attached hydrogen (secondary N) is 1. The lowest BCUT2D eigenvalue weighted by Crippen LogP contribution is -2.31. The Morgan fingerprint density at radius 3 is 2.57 bits per heavy atom. The topological polar surface area (TPSA) is 66.4 Å². The van der Waals surface area contributed by atoms with Crippen molar-refractivity contribution >= 4 is 10.0 Å². The van der Waals surface area contributed by atoms with E-state index in [9.17, 15) is 8.42 Å². The van der Waals surface area contributed by atoms with Crippen LogP contribution >= 0.6 is 0 Å². The van der Waals surface area contributed by atoms with Crippen molar-refractivity contribution in [2.45, 2.75) is 43.9 Å². The smallest absolute Gasteiger partial charge is 0.240 e. The van der Waals surface area contributed by atoms with Gasteiger partial charge in [0.15, 0.2) is 0 Å². The molecule has 0 heterocycles. The van der Waals surface area contributed by atoms with Gasteiger partial charge in [0, 0.05) is 13.2 Å². The summed E-state index contributed by atoms with van der Waals surface area (Å²) in [6.45, 7) is 2.84. The molecule has 1 aromatic rings. The minimum absolute atomic E-state index is 0.0736. The number of aliphatic hydroxyl groups is 1. The fourth-order valence-corrected chi connectivity index (χ4v) is 4.14. The summed E-state index contributed by atoms with van der Waals surface area (Å²) < 4.78 is 27.3. The molecule has 118 valence electrons. The van der Waals surface area contributed by atoms with E-state index in [2.05, 4.69) is 11.6 Å². The fraction of sp³-hybridized carbons (Fsp3) is 0.625. The van der Waals surface area contributed by atoms with Gasteiger partial charge in [-0.1, -0.05) is 31.9 Å². The van der Waals surface area contributed by atoms with Gasteiger partial charge in [-0.3, -0.25) is 0 Å². The van der Waals surface area contributed by atoms with Crippen LogP contribution in [0.2, 0.25) is 0 Å². The van der Waals surface area contributed by atoms with E-state index in [0.717, 1.165) is 18.4 Å². The lowest BCUT2D eigenvalue weighted by Gasteiger charge is -2.26. The first-order valence-electron chi connectivity index (χ1n) is 7.70. The Kier molecular flexibility index (Phi) is 5.79. The van der Waals surface area contributed by atoms with Gasteiger partial charge in [-0.15, -0.1) is 0 Å². The van der Waals surface area contributed by atoms with Crippen molar-refractivity contribution in [3.63, 3.8) is 0 Å². The first kappa shape index (κ1) is 16.5. The second-order valence-corrected chi connectivity index (χ2v) is 7.87. The number of aliphatic hydroxyl groups excluding tert-OH is 1. The van der Waals surface area contributed by atoms with Crippen molar-refractivity contribution in [1.29, 1.82) is 0 Å². The highest BCUT2D eigenvalue weighted by molar-refractivity contribution is 7.89. The van der Waals surface area contributed by atoms with Gasteiger partial charge in [0.2, 0.25) is 10.0 Å². The van der Waals surface area contributed by atoms with Crippen LogP contribution < -0.4 is 4.72 Å². The molecule has 2 rings (SSSR count). The predicted molar refractivity (Wildman–Crippen MR) is 83.5 cm³/mol. The second-order valence-electron chi connectivity index (χ2n) is 6.11. The first-order valence-corrected chi connectivity index (χ1v) is 9.19. The zero-order valence-electron chi connectivity index (χ0n) is 12.6. The van der Waals surface area contributed by atoms with Crippen LogP contribution in [0.1, 0.15) is 38.2 Å². The molecule has 0 aliphatic heterocycles. The van der Waals surface area contributed by atoms with E-state index in [0.29, 0.717) is 29.7 Å². The van der Waals surface area contributed by atoms with Crippen molar-refractivity contribution < 1.29 is 13.5 Å². The maximum atomic E-state index is 12.3. The third kappa shape index (κ3) is 4.80. The summed E-state index contributed by atoms with van der Waals surface area (Å²) in [5, 5.41) is 8.87. The molecule has 1 aliphatic carbocycles. The monoisotopic (exact) mass is 311 g/mol. The van der Waals surface area contributed by atoms with Crippen molar-refractivity contribution in [3.8, 4) is 0 Å². The van der Waals surface area contributed by atoms with Crippen LogP contribution in [0.3, 0.4) is 0 Å². The molecule has 2 unspecified atom stereocenters. The summed E-state index contributed by atoms with van der Waals surface area (Å²) in [6.07, 6.45) is 5.23. The van der Waals surface area contributed by atoms with E-state index in [1.807, 2.05) is 0 Å². The van der Waals surface area contributed by atoms with Crippen LogP contribution in [0.25, 0.3) is 0 Å². The molecule has 5 heteroatoms. The van der Waals surface area contributed by atoms with E-state index >= 15 is 0 Å². The molecule has 0 amide bonds. The Morgan fingerprint density at radius 2 is 1.95 bits per heavy atom. The van der Waals surface area contributed by atoms with E-state index in [4.69, 9.17) is 5.11 Å². The predicted octanol–water partition coefficient (Wildman–Crippen LogP) is 2.33. The summed E-state index contributed by atoms with van der Waals surface area (Å²) in [6, 6.07) is 6.73. The maximum Gasteiger partial charge on any atom is 0.240 e. The molecular weight excluding hydrogens is 286 g/mol. The lowest BCUT2D eigenvalue weighted by molar-refractivity contribution is 0.283. The second kappa shape index (κ2) is 7.38. The van der Waals surface area contributed by atoms with Gasteiger partial charge in [0.1, 0.15) is 0 Å². The average Bonchev–Trinajstić information content (AvgIpc) is 2.46. The average molecular weight is 311 g/mol. The Morgan fingerprint density at radius 1 is 1.24 bits per heavy atom. The fourth-order valence-electron chi connectivity index (χ4n) is 3.02. The van der Waals surface area contributed by atoms with Crippen LogP contribution in [0.15, 0.2) is 29.2 Å². The highest BCUT2D eigenvalue weighted by Crippen LogP contribution is 2.28. The zero-order chi connectivity index (χ0) is 15.3. The molecule has 1 fully saturated rings. The summed E-state index contributed by atoms with van der Waals surface area (Å²) >= 11 is 0. The largest absolute Gasteiger partial charge is 0.396 e. The highest BCUT2D eigenvalue weighted by Gasteiger charge is 2.21. The molecule has 2 N–H and O–H groups in total. The van der Waals surface area contributed by atoms with Crippen molar-refractivity contribution in [2.24, 2.45) is 11.8 Å². The molecular formula is C16H25NO3S. The van der Waals surface area contributed by atoms with Crippen LogP contribution in [0.4, 0.5) is 0 Å². The Labute approximate surface area is 127 Å². The number of benzene rings is 1. The minimum Gasteiger partial charge on any atom is -0.396 e. The van der Waals surface area contributed by atoms with Gasteiger partial charge in [-0.2, -0.15) is 0 Å². The van der Waals surface area contributed by atoms with Gasteiger partial charge >= 0.3 is 0 Å². The molecule has 0 bridgehead atoms. The molecule has 1 aliphatic rings. The van der Waals surface area contributed by atoms with E-state index in [1.54, 1.807) is 24.3 Å². The molecule has 1 aromatic carbocycles. The Bertz CT molecular complexity index is 539. The van der Waals surface area contributed by atoms with Crippen LogP contribution in [0.5, 0.6) is 0 Å². The van der Waals surface area contributed by atoms with E-state index in [1.165, 1.54) is 12.8 Å². The number of sulfonamides is 1. The van der Waals surface area contributed by atoms with Gasteiger partial charge < -0.3 is 5.11 Å². The first-order chi connectivity index (χ1) is 10.0. The molecule has 4 nitrogen and oxygen atoms in total. The standard InChI is InChI=1S/C16H25NO3S/c1-13-3-2-4-15(11-13)12-17-21(19,20)16-7-5-14(6-8-16)9-10-18/h5-8,13,15,17-18H,2-4,9-12H2,1H3. The zero-order valence-corrected chi connectivity index (χ0v) is 13.4. The number of hydrogen-bond acceptors (Lipinski definition) is 3. The molecule has 0 radical (unpaired) electrons. The molecule has 21 heavy (non-hydrogen) atoms. The Hall–Kier alpha value is -0.910. The molecule has 0 spiro atoms. The molecule has 0 aromatic heterocycles. The number of hydrogen-bond donors (Lipinski definition) is 2. The van der Waals surface area contributed by atoms with Gasteiger partial charge in [0.05, 0.1) is 4.90 Å². The van der Waals surface area contributed by atoms with E-state index in [-0.39, 0.29) is 6.61 Å². The van der Waals surface area contributed by atoms with Crippen LogP contribution in [-0.2, 0) is 16.4 Å². The van der Waals surface area contributed by atoms with Crippen molar-refractivity contribution in [3.05, 3.63) is 29.8 Å². The van der Waals surface area contributed by atoms with E-state index < -0.39 is 10.0 Å². The highest BCUT2D eigenvalue weighted by atomic mass is 32.2. The normalized spacial score (nSPS) is 23.1. The molecule has 0 saturated heterocycles. The minimum atomic E-state index is -3.42. The summed E-state index contributed by atoms with van der Waals surface area (Å²) in [5.41, 5.74) is 0.942. The van der Waals surface area contributed by atoms with Crippen molar-refractivity contribution in [1.82, 2.24) is 4.72 Å².